The van der Waals surface area contributed by atoms with Gasteiger partial charge in [0.1, 0.15) is 5.78 Å². The molecule has 7 heavy (non-hydrogen) atoms. The summed E-state index contributed by atoms with van der Waals surface area (Å²) >= 11 is -0.540. The van der Waals surface area contributed by atoms with Gasteiger partial charge in [-0.3, -0.25) is 0 Å². The van der Waals surface area contributed by atoms with Gasteiger partial charge in [-0.2, -0.15) is 0 Å². The molecular weight excluding hydrogens is 103 g/mol. The van der Waals surface area contributed by atoms with Crippen LogP contribution in [0.3, 0.4) is 0 Å². The lowest BCUT2D eigenvalue weighted by Gasteiger charge is -1.83. The lowest BCUT2D eigenvalue weighted by atomic mass is 10.9. The van der Waals surface area contributed by atoms with Crippen molar-refractivity contribution in [2.45, 2.75) is 22.8 Å². The zero-order chi connectivity index (χ0) is 5.44. The number of carbonyl (C=O) groups is 1. The van der Waals surface area contributed by atoms with Crippen LogP contribution in [-0.4, -0.2) is 19.9 Å². The number of carbonyl (C=O) groups excluding carboxylic acids is 1. The van der Waals surface area contributed by atoms with Crippen LogP contribution in [0.1, 0.15) is 6.42 Å². The molecule has 0 amide bonds. The molecule has 1 rings (SSSR count). The molecule has 1 saturated carbocycles. The van der Waals surface area contributed by atoms with E-state index in [9.17, 15) is 4.79 Å². The summed E-state index contributed by atoms with van der Waals surface area (Å²) < 4.78 is 0.569. The first-order valence-electron chi connectivity index (χ1n) is 2.74. The van der Waals surface area contributed by atoms with E-state index >= 15 is 0 Å². The molecule has 0 aromatic heterocycles. The van der Waals surface area contributed by atoms with Crippen LogP contribution in [0.15, 0.2) is 0 Å². The topological polar surface area (TPSA) is 17.1 Å². The molecule has 0 N–H and O–H groups in total. The number of hydrogen-bond donors (Lipinski definition) is 0. The van der Waals surface area contributed by atoms with E-state index in [-0.39, 0.29) is 0 Å². The van der Waals surface area contributed by atoms with Gasteiger partial charge < -0.3 is 4.79 Å². The molecule has 1 nitrogen and oxygen atoms in total. The van der Waals surface area contributed by atoms with Gasteiger partial charge in [0.25, 0.3) is 14.1 Å². The third kappa shape index (κ3) is 1.05. The van der Waals surface area contributed by atoms with Gasteiger partial charge in [-0.05, 0) is 4.78 Å². The fourth-order valence-corrected chi connectivity index (χ4v) is 2.21. The van der Waals surface area contributed by atoms with Gasteiger partial charge in [-0.15, -0.1) is 11.6 Å². The highest BCUT2D eigenvalue weighted by Gasteiger charge is 2.39. The molecule has 1 fully saturated rings. The zero-order valence-electron chi connectivity index (χ0n) is 4.77. The minimum atomic E-state index is -0.540. The summed E-state index contributed by atoms with van der Waals surface area (Å²) in [5, 5.41) is 0. The lowest BCUT2D eigenvalue weighted by molar-refractivity contribution is -0.109. The molecule has 1 aliphatic rings. The molecule has 0 aromatic carbocycles. The quantitative estimate of drug-likeness (QED) is 0.464. The number of hydrogen-bond acceptors (Lipinski definition) is 1. The van der Waals surface area contributed by atoms with Crippen molar-refractivity contribution in [3.8, 4) is 0 Å². The van der Waals surface area contributed by atoms with Crippen molar-refractivity contribution in [1.82, 2.24) is 0 Å². The Kier molecular flexibility index (Phi) is 1.23. The van der Waals surface area contributed by atoms with E-state index in [0.717, 1.165) is 6.42 Å². The first-order valence-corrected chi connectivity index (χ1v) is 5.72. The Morgan fingerprint density at radius 2 is 2.14 bits per heavy atom. The number of rotatable bonds is 1. The molecule has 0 aliphatic heterocycles. The molecule has 0 spiro atoms. The third-order valence-corrected chi connectivity index (χ3v) is 3.70. The summed E-state index contributed by atoms with van der Waals surface area (Å²) in [6.45, 7) is 0. The summed E-state index contributed by atoms with van der Waals surface area (Å²) in [6.07, 6.45) is 0.907. The van der Waals surface area contributed by atoms with Crippen molar-refractivity contribution in [3.05, 3.63) is 0 Å². The molecule has 0 saturated heterocycles. The van der Waals surface area contributed by atoms with Crippen LogP contribution in [0.4, 0.5) is 0 Å². The standard InChI is InChI=1S/C3H3O.2CH3.Al/c4-3-1-2-3;;;/h1H,2H2;2*1H3;. The third-order valence-electron chi connectivity index (χ3n) is 1.48. The van der Waals surface area contributed by atoms with Crippen molar-refractivity contribution in [2.24, 2.45) is 0 Å². The summed E-state index contributed by atoms with van der Waals surface area (Å²) in [5.41, 5.74) is 0. The van der Waals surface area contributed by atoms with E-state index in [0.29, 0.717) is 10.6 Å². The Balaban J connectivity index is 2.33. The van der Waals surface area contributed by atoms with E-state index in [1.807, 2.05) is 0 Å². The minimum Gasteiger partial charge on any atom is -0.301 e. The molecule has 0 radical (unpaired) electrons. The summed E-state index contributed by atoms with van der Waals surface area (Å²) in [7, 11) is 0. The summed E-state index contributed by atoms with van der Waals surface area (Å²) in [6, 6.07) is 0. The molecule has 38 valence electrons. The van der Waals surface area contributed by atoms with Gasteiger partial charge in [0.15, 0.2) is 0 Å². The van der Waals surface area contributed by atoms with E-state index in [2.05, 4.69) is 11.6 Å². The molecule has 2 heteroatoms. The van der Waals surface area contributed by atoms with Gasteiger partial charge in [0, 0.05) is 6.42 Å². The molecular formula is C5H9AlO. The summed E-state index contributed by atoms with van der Waals surface area (Å²) in [5.74, 6) is 4.98. The molecule has 0 bridgehead atoms. The van der Waals surface area contributed by atoms with Crippen molar-refractivity contribution in [1.29, 1.82) is 0 Å². The van der Waals surface area contributed by atoms with Crippen LogP contribution in [-0.2, 0) is 4.79 Å². The SMILES string of the molecule is [CH3][Al]([CH3])[CH]1CC1=O. The predicted octanol–water partition coefficient (Wildman–Crippen LogP) is 1.08. The van der Waals surface area contributed by atoms with Crippen LogP contribution in [0.25, 0.3) is 0 Å². The molecule has 1 aliphatic carbocycles. The average molecular weight is 112 g/mol. The Morgan fingerprint density at radius 3 is 2.14 bits per heavy atom. The van der Waals surface area contributed by atoms with Crippen LogP contribution in [0.5, 0.6) is 0 Å². The van der Waals surface area contributed by atoms with E-state index < -0.39 is 14.1 Å². The normalized spacial score (nSPS) is 27.7. The molecule has 1 unspecified atom stereocenters. The fourth-order valence-electron chi connectivity index (χ4n) is 0.765. The zero-order valence-corrected chi connectivity index (χ0v) is 5.92. The van der Waals surface area contributed by atoms with Crippen molar-refractivity contribution < 1.29 is 4.79 Å². The second-order valence-corrected chi connectivity index (χ2v) is 5.81. The van der Waals surface area contributed by atoms with E-state index in [1.54, 1.807) is 0 Å². The van der Waals surface area contributed by atoms with Crippen LogP contribution < -0.4 is 0 Å². The Labute approximate surface area is 48.1 Å². The van der Waals surface area contributed by atoms with E-state index in [1.165, 1.54) is 0 Å². The Hall–Kier alpha value is 0.202. The van der Waals surface area contributed by atoms with Gasteiger partial charge >= 0.3 is 0 Å². The second-order valence-electron chi connectivity index (χ2n) is 2.52. The maximum atomic E-state index is 10.4. The number of Topliss-reactive ketones (excluding diaryl/α,β-unsaturated/α-hetero) is 1. The minimum absolute atomic E-state index is 0.515. The molecule has 0 aromatic rings. The van der Waals surface area contributed by atoms with Gasteiger partial charge in [-0.1, -0.05) is 0 Å². The lowest BCUT2D eigenvalue weighted by Crippen LogP contribution is -1.98. The second kappa shape index (κ2) is 1.61. The van der Waals surface area contributed by atoms with Crippen LogP contribution >= 0.6 is 0 Å². The smallest absolute Gasteiger partial charge is 0.270 e. The van der Waals surface area contributed by atoms with Crippen molar-refractivity contribution in [2.75, 3.05) is 0 Å². The summed E-state index contributed by atoms with van der Waals surface area (Å²) in [4.78, 5) is 10.4. The highest BCUT2D eigenvalue weighted by molar-refractivity contribution is 6.65. The fraction of sp³-hybridized carbons (Fsp3) is 0.800. The maximum absolute atomic E-state index is 10.4. The largest absolute Gasteiger partial charge is 0.301 e. The molecule has 0 heterocycles. The van der Waals surface area contributed by atoms with Gasteiger partial charge in [0.05, 0.1) is 0 Å². The predicted molar refractivity (Wildman–Crippen MR) is 30.9 cm³/mol. The highest BCUT2D eigenvalue weighted by Crippen LogP contribution is 2.33. The van der Waals surface area contributed by atoms with Crippen LogP contribution in [0, 0.1) is 0 Å². The highest BCUT2D eigenvalue weighted by atomic mass is 27.2. The van der Waals surface area contributed by atoms with Crippen molar-refractivity contribution in [3.63, 3.8) is 0 Å². The van der Waals surface area contributed by atoms with Gasteiger partial charge in [-0.25, -0.2) is 0 Å². The average Bonchev–Trinajstić information content (AvgIpc) is 2.17. The van der Waals surface area contributed by atoms with Crippen molar-refractivity contribution >= 4 is 19.9 Å². The molecule has 1 atom stereocenters. The van der Waals surface area contributed by atoms with Gasteiger partial charge in [0.2, 0.25) is 0 Å². The van der Waals surface area contributed by atoms with Crippen LogP contribution in [0.2, 0.25) is 16.4 Å². The number of ketones is 1. The maximum Gasteiger partial charge on any atom is 0.270 e. The van der Waals surface area contributed by atoms with E-state index in [4.69, 9.17) is 0 Å². The first-order chi connectivity index (χ1) is 3.22. The Bertz CT molecular complexity index is 98.3. The Morgan fingerprint density at radius 1 is 1.71 bits per heavy atom. The first kappa shape index (κ1) is 5.34. The monoisotopic (exact) mass is 112 g/mol.